The molecule has 0 amide bonds. The van der Waals surface area contributed by atoms with E-state index in [1.165, 1.54) is 12.1 Å². The minimum Gasteiger partial charge on any atom is -0.497 e. The first-order valence-electron chi connectivity index (χ1n) is 9.63. The highest BCUT2D eigenvalue weighted by molar-refractivity contribution is 5.58. The highest BCUT2D eigenvalue weighted by Crippen LogP contribution is 2.23. The maximum Gasteiger partial charge on any atom is 0.229 e. The zero-order chi connectivity index (χ0) is 20.2. The number of anilines is 4. The van der Waals surface area contributed by atoms with Crippen LogP contribution in [0.15, 0.2) is 54.6 Å². The lowest BCUT2D eigenvalue weighted by Crippen LogP contribution is -2.46. The van der Waals surface area contributed by atoms with E-state index in [2.05, 4.69) is 20.1 Å². The summed E-state index contributed by atoms with van der Waals surface area (Å²) in [7, 11) is 1.64. The molecule has 2 heterocycles. The predicted octanol–water partition coefficient (Wildman–Crippen LogP) is 4.00. The Balaban J connectivity index is 1.46. The molecule has 1 saturated heterocycles. The Morgan fingerprint density at radius 2 is 1.66 bits per heavy atom. The van der Waals surface area contributed by atoms with Crippen LogP contribution < -0.4 is 19.9 Å². The number of nitrogens with zero attached hydrogens (tertiary/aromatic N) is 4. The molecule has 1 aliphatic rings. The lowest BCUT2D eigenvalue weighted by atomic mass is 10.2. The molecule has 1 aromatic heterocycles. The van der Waals surface area contributed by atoms with Crippen molar-refractivity contribution in [3.05, 3.63) is 66.1 Å². The van der Waals surface area contributed by atoms with Crippen molar-refractivity contribution in [3.8, 4) is 5.75 Å². The standard InChI is InChI=1S/C22H24FN5O/c1-16-14-21(26-22(24-16)25-18-4-3-5-20(15-18)29-2)28-12-10-27(11-13-28)19-8-6-17(23)7-9-19/h3-9,14-15H,10-13H2,1-2H3,(H,24,25,26). The van der Waals surface area contributed by atoms with Crippen LogP contribution in [0.3, 0.4) is 0 Å². The molecule has 0 unspecified atom stereocenters. The Morgan fingerprint density at radius 3 is 2.38 bits per heavy atom. The molecular formula is C22H24FN5O. The fourth-order valence-corrected chi connectivity index (χ4v) is 3.45. The van der Waals surface area contributed by atoms with Crippen LogP contribution in [-0.2, 0) is 0 Å². The largest absolute Gasteiger partial charge is 0.497 e. The van der Waals surface area contributed by atoms with Crippen LogP contribution in [0.25, 0.3) is 0 Å². The minimum absolute atomic E-state index is 0.208. The number of ether oxygens (including phenoxy) is 1. The maximum absolute atomic E-state index is 13.2. The van der Waals surface area contributed by atoms with E-state index in [0.717, 1.165) is 54.8 Å². The molecule has 0 spiro atoms. The Labute approximate surface area is 170 Å². The number of rotatable bonds is 5. The number of nitrogens with one attached hydrogen (secondary N) is 1. The first-order valence-corrected chi connectivity index (χ1v) is 9.63. The van der Waals surface area contributed by atoms with Crippen molar-refractivity contribution >= 4 is 23.1 Å². The summed E-state index contributed by atoms with van der Waals surface area (Å²) in [4.78, 5) is 13.7. The van der Waals surface area contributed by atoms with Crippen molar-refractivity contribution in [3.63, 3.8) is 0 Å². The minimum atomic E-state index is -0.208. The molecule has 4 rings (SSSR count). The zero-order valence-electron chi connectivity index (χ0n) is 16.6. The molecular weight excluding hydrogens is 369 g/mol. The smallest absolute Gasteiger partial charge is 0.229 e. The molecule has 6 nitrogen and oxygen atoms in total. The van der Waals surface area contributed by atoms with Crippen LogP contribution in [0.2, 0.25) is 0 Å². The lowest BCUT2D eigenvalue weighted by Gasteiger charge is -2.36. The molecule has 1 N–H and O–H groups in total. The Bertz CT molecular complexity index is 971. The highest BCUT2D eigenvalue weighted by Gasteiger charge is 2.19. The van der Waals surface area contributed by atoms with Crippen LogP contribution in [0.1, 0.15) is 5.69 Å². The topological polar surface area (TPSA) is 53.5 Å². The van der Waals surface area contributed by atoms with Gasteiger partial charge in [0.1, 0.15) is 17.4 Å². The van der Waals surface area contributed by atoms with E-state index >= 15 is 0 Å². The third kappa shape index (κ3) is 4.56. The molecule has 0 radical (unpaired) electrons. The summed E-state index contributed by atoms with van der Waals surface area (Å²) < 4.78 is 18.4. The second-order valence-corrected chi connectivity index (χ2v) is 7.00. The van der Waals surface area contributed by atoms with E-state index in [4.69, 9.17) is 9.72 Å². The Morgan fingerprint density at radius 1 is 0.931 bits per heavy atom. The van der Waals surface area contributed by atoms with Gasteiger partial charge in [0.25, 0.3) is 0 Å². The van der Waals surface area contributed by atoms with Gasteiger partial charge in [-0.05, 0) is 43.3 Å². The first kappa shape index (κ1) is 19.0. The molecule has 1 aliphatic heterocycles. The Kier molecular flexibility index (Phi) is 5.46. The van der Waals surface area contributed by atoms with Crippen molar-refractivity contribution in [2.45, 2.75) is 6.92 Å². The summed E-state index contributed by atoms with van der Waals surface area (Å²) in [6.45, 7) is 5.36. The molecule has 3 aromatic rings. The third-order valence-electron chi connectivity index (χ3n) is 4.96. The van der Waals surface area contributed by atoms with E-state index in [1.807, 2.05) is 49.4 Å². The molecule has 7 heteroatoms. The molecule has 0 aliphatic carbocycles. The molecule has 29 heavy (non-hydrogen) atoms. The predicted molar refractivity (Wildman–Crippen MR) is 114 cm³/mol. The molecule has 1 fully saturated rings. The van der Waals surface area contributed by atoms with Gasteiger partial charge in [0.15, 0.2) is 0 Å². The number of aromatic nitrogens is 2. The number of hydrogen-bond acceptors (Lipinski definition) is 6. The van der Waals surface area contributed by atoms with Gasteiger partial charge < -0.3 is 19.9 Å². The van der Waals surface area contributed by atoms with Crippen LogP contribution in [0.4, 0.5) is 27.5 Å². The van der Waals surface area contributed by atoms with Crippen LogP contribution in [0.5, 0.6) is 5.75 Å². The van der Waals surface area contributed by atoms with Crippen molar-refractivity contribution in [1.82, 2.24) is 9.97 Å². The van der Waals surface area contributed by atoms with Gasteiger partial charge >= 0.3 is 0 Å². The summed E-state index contributed by atoms with van der Waals surface area (Å²) in [6, 6.07) is 16.4. The van der Waals surface area contributed by atoms with Gasteiger partial charge in [-0.2, -0.15) is 4.98 Å². The number of benzene rings is 2. The van der Waals surface area contributed by atoms with Gasteiger partial charge in [-0.25, -0.2) is 9.37 Å². The summed E-state index contributed by atoms with van der Waals surface area (Å²) >= 11 is 0. The van der Waals surface area contributed by atoms with Gasteiger partial charge in [-0.15, -0.1) is 0 Å². The molecule has 0 atom stereocenters. The second kappa shape index (κ2) is 8.34. The number of halogens is 1. The van der Waals surface area contributed by atoms with Crippen molar-refractivity contribution in [2.24, 2.45) is 0 Å². The van der Waals surface area contributed by atoms with Gasteiger partial charge in [-0.3, -0.25) is 0 Å². The lowest BCUT2D eigenvalue weighted by molar-refractivity contribution is 0.415. The molecule has 0 bridgehead atoms. The second-order valence-electron chi connectivity index (χ2n) is 7.00. The van der Waals surface area contributed by atoms with E-state index in [-0.39, 0.29) is 5.82 Å². The fraction of sp³-hybridized carbons (Fsp3) is 0.273. The number of hydrogen-bond donors (Lipinski definition) is 1. The number of aryl methyl sites for hydroxylation is 1. The van der Waals surface area contributed by atoms with E-state index in [1.54, 1.807) is 7.11 Å². The van der Waals surface area contributed by atoms with Crippen LogP contribution in [0, 0.1) is 12.7 Å². The SMILES string of the molecule is COc1cccc(Nc2nc(C)cc(N3CCN(c4ccc(F)cc4)CC3)n2)c1. The van der Waals surface area contributed by atoms with Gasteiger partial charge in [0, 0.05) is 55.4 Å². The number of methoxy groups -OCH3 is 1. The van der Waals surface area contributed by atoms with Gasteiger partial charge in [0.05, 0.1) is 7.11 Å². The van der Waals surface area contributed by atoms with Crippen molar-refractivity contribution < 1.29 is 9.13 Å². The zero-order valence-corrected chi connectivity index (χ0v) is 16.6. The average molecular weight is 393 g/mol. The maximum atomic E-state index is 13.2. The number of piperazine rings is 1. The van der Waals surface area contributed by atoms with E-state index in [9.17, 15) is 4.39 Å². The van der Waals surface area contributed by atoms with Crippen molar-refractivity contribution in [2.75, 3.05) is 48.4 Å². The summed E-state index contributed by atoms with van der Waals surface area (Å²) in [5.41, 5.74) is 2.83. The molecule has 150 valence electrons. The van der Waals surface area contributed by atoms with Crippen molar-refractivity contribution in [1.29, 1.82) is 0 Å². The van der Waals surface area contributed by atoms with Gasteiger partial charge in [0.2, 0.25) is 5.95 Å². The highest BCUT2D eigenvalue weighted by atomic mass is 19.1. The summed E-state index contributed by atoms with van der Waals surface area (Å²) in [5, 5.41) is 3.26. The molecule has 0 saturated carbocycles. The Hall–Kier alpha value is -3.35. The molecule has 2 aromatic carbocycles. The quantitative estimate of drug-likeness (QED) is 0.707. The monoisotopic (exact) mass is 393 g/mol. The summed E-state index contributed by atoms with van der Waals surface area (Å²) in [5.74, 6) is 2.04. The third-order valence-corrected chi connectivity index (χ3v) is 4.96. The van der Waals surface area contributed by atoms with E-state index in [0.29, 0.717) is 5.95 Å². The van der Waals surface area contributed by atoms with Crippen LogP contribution >= 0.6 is 0 Å². The van der Waals surface area contributed by atoms with Gasteiger partial charge in [-0.1, -0.05) is 6.07 Å². The van der Waals surface area contributed by atoms with E-state index < -0.39 is 0 Å². The average Bonchev–Trinajstić information content (AvgIpc) is 2.74. The normalized spacial score (nSPS) is 14.0. The van der Waals surface area contributed by atoms with Crippen LogP contribution in [-0.4, -0.2) is 43.3 Å². The summed E-state index contributed by atoms with van der Waals surface area (Å²) in [6.07, 6.45) is 0. The first-order chi connectivity index (χ1) is 14.1. The fourth-order valence-electron chi connectivity index (χ4n) is 3.45.